The van der Waals surface area contributed by atoms with Crippen LogP contribution in [0.15, 0.2) is 77.6 Å². The van der Waals surface area contributed by atoms with E-state index in [-0.39, 0.29) is 23.3 Å². The summed E-state index contributed by atoms with van der Waals surface area (Å²) in [5, 5.41) is 11.5. The van der Waals surface area contributed by atoms with Gasteiger partial charge >= 0.3 is 6.18 Å². The van der Waals surface area contributed by atoms with Crippen LogP contribution in [0.3, 0.4) is 0 Å². The first-order chi connectivity index (χ1) is 15.8. The van der Waals surface area contributed by atoms with Gasteiger partial charge in [-0.1, -0.05) is 30.3 Å². The molecule has 0 aliphatic rings. The molecule has 3 aromatic carbocycles. The lowest BCUT2D eigenvalue weighted by molar-refractivity contribution is -0.137. The monoisotopic (exact) mass is 448 g/mol. The molecular weight excluding hydrogens is 433 g/mol. The molecule has 1 heterocycles. The van der Waals surface area contributed by atoms with Gasteiger partial charge in [-0.25, -0.2) is 4.98 Å². The molecule has 4 rings (SSSR count). The number of amides is 1. The molecule has 1 amide bonds. The minimum Gasteiger partial charge on any atom is -0.346 e. The van der Waals surface area contributed by atoms with Crippen LogP contribution in [-0.2, 0) is 12.7 Å². The Morgan fingerprint density at radius 1 is 1.03 bits per heavy atom. The van der Waals surface area contributed by atoms with Crippen LogP contribution in [0.4, 0.5) is 13.2 Å². The van der Waals surface area contributed by atoms with Gasteiger partial charge in [0.05, 0.1) is 28.2 Å². The van der Waals surface area contributed by atoms with E-state index < -0.39 is 28.9 Å². The van der Waals surface area contributed by atoms with E-state index in [4.69, 9.17) is 5.26 Å². The number of alkyl halides is 3. The first-order valence-corrected chi connectivity index (χ1v) is 9.74. The minimum atomic E-state index is -4.59. The second kappa shape index (κ2) is 8.59. The van der Waals surface area contributed by atoms with Crippen LogP contribution in [0.1, 0.15) is 27.2 Å². The van der Waals surface area contributed by atoms with E-state index in [9.17, 15) is 22.8 Å². The van der Waals surface area contributed by atoms with Gasteiger partial charge in [0.15, 0.2) is 5.69 Å². The number of hydrogen-bond donors (Lipinski definition) is 1. The van der Waals surface area contributed by atoms with Crippen molar-refractivity contribution in [2.45, 2.75) is 12.7 Å². The van der Waals surface area contributed by atoms with E-state index in [0.717, 1.165) is 16.7 Å². The quantitative estimate of drug-likeness (QED) is 0.507. The molecule has 0 saturated heterocycles. The number of hydrogen-bond acceptors (Lipinski definition) is 4. The molecule has 0 atom stereocenters. The maximum Gasteiger partial charge on any atom is 0.416 e. The molecule has 0 unspecified atom stereocenters. The largest absolute Gasteiger partial charge is 0.416 e. The second-order valence-corrected chi connectivity index (χ2v) is 7.13. The first-order valence-electron chi connectivity index (χ1n) is 9.74. The van der Waals surface area contributed by atoms with Crippen LogP contribution in [0.2, 0.25) is 0 Å². The van der Waals surface area contributed by atoms with Gasteiger partial charge in [0.25, 0.3) is 11.5 Å². The molecule has 6 nitrogen and oxygen atoms in total. The Morgan fingerprint density at radius 3 is 2.45 bits per heavy atom. The summed E-state index contributed by atoms with van der Waals surface area (Å²) in [4.78, 5) is 30.2. The van der Waals surface area contributed by atoms with E-state index in [1.165, 1.54) is 12.1 Å². The van der Waals surface area contributed by atoms with E-state index in [0.29, 0.717) is 11.1 Å². The van der Waals surface area contributed by atoms with Crippen molar-refractivity contribution in [3.8, 4) is 11.8 Å². The van der Waals surface area contributed by atoms with Crippen LogP contribution in [0, 0.1) is 11.3 Å². The zero-order valence-corrected chi connectivity index (χ0v) is 16.9. The number of fused-ring (bicyclic) bond motifs is 1. The summed E-state index contributed by atoms with van der Waals surface area (Å²) in [5.41, 5.74) is -0.533. The van der Waals surface area contributed by atoms with Gasteiger partial charge in [-0.3, -0.25) is 14.2 Å². The van der Waals surface area contributed by atoms with Crippen molar-refractivity contribution in [1.29, 1.82) is 5.26 Å². The Hall–Kier alpha value is -4.45. The predicted molar refractivity (Wildman–Crippen MR) is 115 cm³/mol. The zero-order valence-electron chi connectivity index (χ0n) is 16.9. The number of nitrogens with one attached hydrogen (secondary N) is 1. The molecule has 0 bridgehead atoms. The summed E-state index contributed by atoms with van der Waals surface area (Å²) in [5.74, 6) is -0.768. The topological polar surface area (TPSA) is 87.8 Å². The lowest BCUT2D eigenvalue weighted by Crippen LogP contribution is -2.34. The van der Waals surface area contributed by atoms with Crippen LogP contribution in [0.25, 0.3) is 16.7 Å². The fraction of sp³-hybridized carbons (Fsp3) is 0.0833. The van der Waals surface area contributed by atoms with Crippen molar-refractivity contribution in [3.63, 3.8) is 0 Å². The zero-order chi connectivity index (χ0) is 23.6. The van der Waals surface area contributed by atoms with E-state index in [1.54, 1.807) is 48.5 Å². The summed E-state index contributed by atoms with van der Waals surface area (Å²) < 4.78 is 40.7. The molecule has 0 aliphatic carbocycles. The van der Waals surface area contributed by atoms with Crippen molar-refractivity contribution in [1.82, 2.24) is 14.9 Å². The molecule has 1 aromatic heterocycles. The highest BCUT2D eigenvalue weighted by Crippen LogP contribution is 2.30. The van der Waals surface area contributed by atoms with Gasteiger partial charge < -0.3 is 5.32 Å². The Kier molecular flexibility index (Phi) is 5.67. The number of carbonyl (C=O) groups is 1. The smallest absolute Gasteiger partial charge is 0.346 e. The second-order valence-electron chi connectivity index (χ2n) is 7.13. The molecule has 0 fully saturated rings. The van der Waals surface area contributed by atoms with E-state index in [2.05, 4.69) is 10.3 Å². The van der Waals surface area contributed by atoms with Gasteiger partial charge in [-0.2, -0.15) is 18.4 Å². The standard InChI is InChI=1S/C24H15F3N4O2/c25-24(26,27)17-4-3-5-18(12-17)31-20-7-2-1-6-19(20)30-21(23(31)33)22(32)29-14-16-10-8-15(13-28)9-11-16/h1-12H,14H2,(H,29,32). The number of nitrogens with zero attached hydrogens (tertiary/aromatic N) is 3. The van der Waals surface area contributed by atoms with Crippen molar-refractivity contribution in [2.24, 2.45) is 0 Å². The maximum absolute atomic E-state index is 13.2. The Balaban J connectivity index is 1.76. The number of para-hydroxylation sites is 2. The average Bonchev–Trinajstić information content (AvgIpc) is 2.82. The molecule has 0 radical (unpaired) electrons. The Labute approximate surface area is 185 Å². The molecular formula is C24H15F3N4O2. The van der Waals surface area contributed by atoms with E-state index in [1.807, 2.05) is 6.07 Å². The molecule has 0 aliphatic heterocycles. The molecule has 0 saturated carbocycles. The molecule has 4 aromatic rings. The van der Waals surface area contributed by atoms with Crippen molar-refractivity contribution < 1.29 is 18.0 Å². The maximum atomic E-state index is 13.2. The molecule has 164 valence electrons. The minimum absolute atomic E-state index is 0.0328. The van der Waals surface area contributed by atoms with Gasteiger partial charge in [0.2, 0.25) is 0 Å². The van der Waals surface area contributed by atoms with Gasteiger partial charge in [-0.15, -0.1) is 0 Å². The van der Waals surface area contributed by atoms with Gasteiger partial charge in [0.1, 0.15) is 0 Å². The first kappa shape index (κ1) is 21.8. The summed E-state index contributed by atoms with van der Waals surface area (Å²) in [6.07, 6.45) is -4.59. The number of halogens is 3. The lowest BCUT2D eigenvalue weighted by Gasteiger charge is -2.14. The third-order valence-electron chi connectivity index (χ3n) is 4.94. The third-order valence-corrected chi connectivity index (χ3v) is 4.94. The highest BCUT2D eigenvalue weighted by Gasteiger charge is 2.31. The summed E-state index contributed by atoms with van der Waals surface area (Å²) in [7, 11) is 0. The van der Waals surface area contributed by atoms with E-state index >= 15 is 0 Å². The van der Waals surface area contributed by atoms with Gasteiger partial charge in [0, 0.05) is 12.2 Å². The van der Waals surface area contributed by atoms with Crippen LogP contribution >= 0.6 is 0 Å². The lowest BCUT2D eigenvalue weighted by atomic mass is 10.1. The number of nitriles is 1. The van der Waals surface area contributed by atoms with Crippen molar-refractivity contribution >= 4 is 16.9 Å². The Bertz CT molecular complexity index is 1450. The highest BCUT2D eigenvalue weighted by molar-refractivity contribution is 5.94. The van der Waals surface area contributed by atoms with Crippen LogP contribution < -0.4 is 10.9 Å². The van der Waals surface area contributed by atoms with Gasteiger partial charge in [-0.05, 0) is 48.0 Å². The normalized spacial score (nSPS) is 11.2. The average molecular weight is 448 g/mol. The molecule has 9 heteroatoms. The molecule has 33 heavy (non-hydrogen) atoms. The number of rotatable bonds is 4. The predicted octanol–water partition coefficient (Wildman–Crippen LogP) is 4.21. The van der Waals surface area contributed by atoms with Crippen molar-refractivity contribution in [2.75, 3.05) is 0 Å². The molecule has 0 spiro atoms. The number of carbonyl (C=O) groups excluding carboxylic acids is 1. The van der Waals surface area contributed by atoms with Crippen LogP contribution in [-0.4, -0.2) is 15.5 Å². The number of aromatic nitrogens is 2. The SMILES string of the molecule is N#Cc1ccc(CNC(=O)c2nc3ccccc3n(-c3cccc(C(F)(F)F)c3)c2=O)cc1. The number of benzene rings is 3. The summed E-state index contributed by atoms with van der Waals surface area (Å²) in [6, 6.07) is 19.2. The fourth-order valence-electron chi connectivity index (χ4n) is 3.32. The summed E-state index contributed by atoms with van der Waals surface area (Å²) >= 11 is 0. The third kappa shape index (κ3) is 4.45. The van der Waals surface area contributed by atoms with Crippen LogP contribution in [0.5, 0.6) is 0 Å². The summed E-state index contributed by atoms with van der Waals surface area (Å²) in [6.45, 7) is 0.0715. The fourth-order valence-corrected chi connectivity index (χ4v) is 3.32. The molecule has 1 N–H and O–H groups in total. The van der Waals surface area contributed by atoms with Crippen molar-refractivity contribution in [3.05, 3.63) is 106 Å². The highest BCUT2D eigenvalue weighted by atomic mass is 19.4. The Morgan fingerprint density at radius 2 is 1.76 bits per heavy atom.